The van der Waals surface area contributed by atoms with Gasteiger partial charge in [0.15, 0.2) is 5.60 Å². The zero-order valence-electron chi connectivity index (χ0n) is 12.9. The van der Waals surface area contributed by atoms with E-state index in [0.717, 1.165) is 5.56 Å². The molecule has 0 fully saturated rings. The summed E-state index contributed by atoms with van der Waals surface area (Å²) in [4.78, 5) is 0.0295. The number of aryl methyl sites for hydroxylation is 1. The lowest BCUT2D eigenvalue weighted by Crippen LogP contribution is -2.58. The molecule has 0 heterocycles. The summed E-state index contributed by atoms with van der Waals surface area (Å²) in [5.74, 6) is -6.85. The van der Waals surface area contributed by atoms with Crippen molar-refractivity contribution in [3.63, 3.8) is 0 Å². The van der Waals surface area contributed by atoms with Gasteiger partial charge in [-0.15, -0.1) is 0 Å². The molecular formula is C15H17F5O3S. The third kappa shape index (κ3) is 4.54. The molecule has 1 rings (SSSR count). The van der Waals surface area contributed by atoms with E-state index < -0.39 is 34.3 Å². The molecule has 0 aliphatic carbocycles. The summed E-state index contributed by atoms with van der Waals surface area (Å²) < 4.78 is 82.2. The van der Waals surface area contributed by atoms with Gasteiger partial charge in [-0.2, -0.15) is 22.0 Å². The van der Waals surface area contributed by atoms with Crippen molar-refractivity contribution in [2.45, 2.75) is 36.4 Å². The van der Waals surface area contributed by atoms with Crippen molar-refractivity contribution in [2.75, 3.05) is 12.4 Å². The van der Waals surface area contributed by atoms with Crippen LogP contribution in [0.1, 0.15) is 12.5 Å². The van der Waals surface area contributed by atoms with Crippen LogP contribution in [-0.4, -0.2) is 39.4 Å². The smallest absolute Gasteiger partial charge is 0.456 e. The van der Waals surface area contributed by atoms with Gasteiger partial charge in [-0.3, -0.25) is 4.21 Å². The summed E-state index contributed by atoms with van der Waals surface area (Å²) in [7, 11) is -2.28. The molecule has 0 amide bonds. The van der Waals surface area contributed by atoms with Crippen LogP contribution in [0.25, 0.3) is 0 Å². The van der Waals surface area contributed by atoms with Crippen LogP contribution in [0.5, 0.6) is 0 Å². The van der Waals surface area contributed by atoms with Crippen molar-refractivity contribution in [1.29, 1.82) is 0 Å². The Morgan fingerprint density at radius 1 is 1.17 bits per heavy atom. The second-order valence-corrected chi connectivity index (χ2v) is 6.51. The average molecular weight is 372 g/mol. The fourth-order valence-electron chi connectivity index (χ4n) is 1.72. The largest absolute Gasteiger partial charge is 0.502 e. The second-order valence-electron chi connectivity index (χ2n) is 5.06. The normalized spacial score (nSPS) is 16.8. The van der Waals surface area contributed by atoms with Crippen molar-refractivity contribution in [3.05, 3.63) is 42.2 Å². The highest BCUT2D eigenvalue weighted by Gasteiger charge is 2.69. The minimum atomic E-state index is -6.02. The molecular weight excluding hydrogens is 355 g/mol. The summed E-state index contributed by atoms with van der Waals surface area (Å²) in [6.45, 7) is 3.21. The number of aliphatic hydroxyl groups is 1. The van der Waals surface area contributed by atoms with Gasteiger partial charge in [-0.1, -0.05) is 17.7 Å². The SMILES string of the molecule is CCO/C=C/[C@](O)(C[S@@](=O)c1ccc(C)cc1)C(F)(F)C(F)(F)F. The molecule has 2 atom stereocenters. The Kier molecular flexibility index (Phi) is 6.52. The molecule has 0 aliphatic rings. The number of hydrogen-bond donors (Lipinski definition) is 1. The van der Waals surface area contributed by atoms with E-state index in [2.05, 4.69) is 4.74 Å². The van der Waals surface area contributed by atoms with Crippen molar-refractivity contribution >= 4 is 10.8 Å². The van der Waals surface area contributed by atoms with Crippen LogP contribution in [0.2, 0.25) is 0 Å². The van der Waals surface area contributed by atoms with Crippen LogP contribution < -0.4 is 0 Å². The maximum Gasteiger partial charge on any atom is 0.456 e. The summed E-state index contributed by atoms with van der Waals surface area (Å²) in [5, 5.41) is 9.96. The molecule has 1 aromatic rings. The van der Waals surface area contributed by atoms with Crippen LogP contribution >= 0.6 is 0 Å². The van der Waals surface area contributed by atoms with Crippen LogP contribution in [0.3, 0.4) is 0 Å². The van der Waals surface area contributed by atoms with Crippen molar-refractivity contribution in [3.8, 4) is 0 Å². The van der Waals surface area contributed by atoms with Gasteiger partial charge in [0, 0.05) is 4.90 Å². The zero-order chi connectivity index (χ0) is 18.6. The maximum atomic E-state index is 13.7. The molecule has 0 aromatic heterocycles. The van der Waals surface area contributed by atoms with E-state index in [9.17, 15) is 31.3 Å². The van der Waals surface area contributed by atoms with E-state index in [0.29, 0.717) is 6.26 Å². The summed E-state index contributed by atoms with van der Waals surface area (Å²) in [6.07, 6.45) is -5.28. The van der Waals surface area contributed by atoms with E-state index in [1.807, 2.05) is 0 Å². The molecule has 1 N–H and O–H groups in total. The third-order valence-corrected chi connectivity index (χ3v) is 4.64. The van der Waals surface area contributed by atoms with E-state index in [-0.39, 0.29) is 17.6 Å². The van der Waals surface area contributed by atoms with Gasteiger partial charge in [0.2, 0.25) is 0 Å². The highest BCUT2D eigenvalue weighted by molar-refractivity contribution is 7.85. The Hall–Kier alpha value is -1.48. The molecule has 9 heteroatoms. The van der Waals surface area contributed by atoms with Gasteiger partial charge in [-0.05, 0) is 32.1 Å². The van der Waals surface area contributed by atoms with Crippen molar-refractivity contribution < 1.29 is 36.0 Å². The predicted octanol–water partition coefficient (Wildman–Crippen LogP) is 3.58. The molecule has 3 nitrogen and oxygen atoms in total. The predicted molar refractivity (Wildman–Crippen MR) is 79.2 cm³/mol. The highest BCUT2D eigenvalue weighted by Crippen LogP contribution is 2.45. The number of benzene rings is 1. The molecule has 0 radical (unpaired) electrons. The minimum absolute atomic E-state index is 0.00518. The topological polar surface area (TPSA) is 46.5 Å². The van der Waals surface area contributed by atoms with Gasteiger partial charge in [0.1, 0.15) is 0 Å². The van der Waals surface area contributed by atoms with E-state index >= 15 is 0 Å². The van der Waals surface area contributed by atoms with Gasteiger partial charge >= 0.3 is 12.1 Å². The summed E-state index contributed by atoms with van der Waals surface area (Å²) in [5.41, 5.74) is -2.92. The Balaban J connectivity index is 3.18. The lowest BCUT2D eigenvalue weighted by Gasteiger charge is -2.34. The lowest BCUT2D eigenvalue weighted by atomic mass is 9.97. The highest BCUT2D eigenvalue weighted by atomic mass is 32.2. The molecule has 0 unspecified atom stereocenters. The second kappa shape index (κ2) is 7.60. The van der Waals surface area contributed by atoms with Crippen LogP contribution in [-0.2, 0) is 15.5 Å². The minimum Gasteiger partial charge on any atom is -0.502 e. The maximum absolute atomic E-state index is 13.7. The Morgan fingerprint density at radius 2 is 1.71 bits per heavy atom. The number of hydrogen-bond acceptors (Lipinski definition) is 3. The van der Waals surface area contributed by atoms with Crippen molar-refractivity contribution in [1.82, 2.24) is 0 Å². The van der Waals surface area contributed by atoms with Crippen LogP contribution in [0.15, 0.2) is 41.5 Å². The first kappa shape index (κ1) is 20.6. The lowest BCUT2D eigenvalue weighted by molar-refractivity contribution is -0.326. The number of halogens is 5. The van der Waals surface area contributed by atoms with Gasteiger partial charge in [0.05, 0.1) is 29.4 Å². The first-order chi connectivity index (χ1) is 10.9. The first-order valence-corrected chi connectivity index (χ1v) is 8.18. The Morgan fingerprint density at radius 3 is 2.17 bits per heavy atom. The summed E-state index contributed by atoms with van der Waals surface area (Å²) >= 11 is 0. The van der Waals surface area contributed by atoms with Crippen molar-refractivity contribution in [2.24, 2.45) is 0 Å². The summed E-state index contributed by atoms with van der Waals surface area (Å²) in [6, 6.07) is 5.74. The molecule has 1 aromatic carbocycles. The van der Waals surface area contributed by atoms with Gasteiger partial charge in [-0.25, -0.2) is 0 Å². The quantitative estimate of drug-likeness (QED) is 0.588. The molecule has 0 spiro atoms. The number of ether oxygens (including phenoxy) is 1. The Bertz CT molecular complexity index is 598. The molecule has 0 saturated heterocycles. The monoisotopic (exact) mass is 372 g/mol. The molecule has 0 saturated carbocycles. The van der Waals surface area contributed by atoms with Crippen LogP contribution in [0.4, 0.5) is 22.0 Å². The molecule has 136 valence electrons. The van der Waals surface area contributed by atoms with Gasteiger partial charge in [0.25, 0.3) is 0 Å². The average Bonchev–Trinajstić information content (AvgIpc) is 2.46. The fraction of sp³-hybridized carbons (Fsp3) is 0.467. The van der Waals surface area contributed by atoms with Gasteiger partial charge < -0.3 is 9.84 Å². The standard InChI is InChI=1S/C15H17F5O3S/c1-3-23-9-8-13(21,14(16,17)15(18,19)20)10-24(22)12-6-4-11(2)5-7-12/h4-9,21H,3,10H2,1-2H3/b9-8+/t13-,24+/m0/s1. The van der Waals surface area contributed by atoms with E-state index in [1.165, 1.54) is 31.2 Å². The molecule has 0 bridgehead atoms. The molecule has 0 aliphatic heterocycles. The van der Waals surface area contributed by atoms with Crippen LogP contribution in [0, 0.1) is 6.92 Å². The zero-order valence-corrected chi connectivity index (χ0v) is 13.8. The number of alkyl halides is 5. The Labute approximate surface area is 138 Å². The first-order valence-electron chi connectivity index (χ1n) is 6.86. The van der Waals surface area contributed by atoms with E-state index in [4.69, 9.17) is 0 Å². The fourth-order valence-corrected chi connectivity index (χ4v) is 3.00. The third-order valence-electron chi connectivity index (χ3n) is 3.14. The van der Waals surface area contributed by atoms with E-state index in [1.54, 1.807) is 6.92 Å². The number of rotatable bonds is 7. The molecule has 24 heavy (non-hydrogen) atoms.